The van der Waals surface area contributed by atoms with Crippen molar-refractivity contribution in [2.24, 2.45) is 5.92 Å². The molecular formula is C28H30N6O2. The van der Waals surface area contributed by atoms with Crippen LogP contribution in [0.3, 0.4) is 0 Å². The van der Waals surface area contributed by atoms with E-state index in [-0.39, 0.29) is 23.7 Å². The minimum atomic E-state index is -0.990. The molecule has 0 unspecified atom stereocenters. The molecule has 8 nitrogen and oxygen atoms in total. The molecule has 2 aromatic carbocycles. The Morgan fingerprint density at radius 2 is 1.89 bits per heavy atom. The Hall–Kier alpha value is -4.07. The lowest BCUT2D eigenvalue weighted by molar-refractivity contribution is -0.133. The van der Waals surface area contributed by atoms with E-state index in [0.717, 1.165) is 22.4 Å². The van der Waals surface area contributed by atoms with Gasteiger partial charge in [-0.25, -0.2) is 9.97 Å². The van der Waals surface area contributed by atoms with E-state index in [0.29, 0.717) is 25.1 Å². The van der Waals surface area contributed by atoms with E-state index >= 15 is 0 Å². The van der Waals surface area contributed by atoms with Gasteiger partial charge in [0.05, 0.1) is 18.3 Å². The molecule has 1 aromatic heterocycles. The number of carbonyl (C=O) groups excluding carboxylic acids is 2. The minimum absolute atomic E-state index is 0.0716. The number of fused-ring (bicyclic) bond motifs is 1. The molecule has 2 aliphatic heterocycles. The molecule has 2 amide bonds. The van der Waals surface area contributed by atoms with Gasteiger partial charge in [0.25, 0.3) is 11.8 Å². The summed E-state index contributed by atoms with van der Waals surface area (Å²) < 4.78 is 0. The van der Waals surface area contributed by atoms with Crippen LogP contribution in [0.5, 0.6) is 0 Å². The quantitative estimate of drug-likeness (QED) is 0.553. The lowest BCUT2D eigenvalue weighted by Gasteiger charge is -2.30. The fourth-order valence-electron chi connectivity index (χ4n) is 5.29. The van der Waals surface area contributed by atoms with Crippen LogP contribution in [0, 0.1) is 11.3 Å². The molecular weight excluding hydrogens is 452 g/mol. The monoisotopic (exact) mass is 482 g/mol. The Morgan fingerprint density at radius 1 is 1.11 bits per heavy atom. The SMILES string of the molecule is CC(C)C[C@]1(c2ccccc2)NC(=N)N([C@H](C)c2cccc(C(=O)N3Cc4cncnc4C3)c2)C1=O. The largest absolute Gasteiger partial charge is 0.338 e. The molecule has 0 radical (unpaired) electrons. The van der Waals surface area contributed by atoms with Crippen LogP contribution in [-0.2, 0) is 23.4 Å². The Kier molecular flexibility index (Phi) is 6.04. The molecule has 184 valence electrons. The number of hydrogen-bond acceptors (Lipinski definition) is 5. The van der Waals surface area contributed by atoms with Crippen LogP contribution in [-0.4, -0.2) is 37.5 Å². The van der Waals surface area contributed by atoms with Crippen molar-refractivity contribution < 1.29 is 9.59 Å². The Bertz CT molecular complexity index is 1300. The number of aromatic nitrogens is 2. The maximum absolute atomic E-state index is 14.0. The number of rotatable bonds is 6. The van der Waals surface area contributed by atoms with Gasteiger partial charge in [-0.3, -0.25) is 19.9 Å². The van der Waals surface area contributed by atoms with E-state index < -0.39 is 11.6 Å². The molecule has 1 fully saturated rings. The van der Waals surface area contributed by atoms with Crippen molar-refractivity contribution in [1.29, 1.82) is 5.41 Å². The van der Waals surface area contributed by atoms with E-state index in [1.54, 1.807) is 17.2 Å². The van der Waals surface area contributed by atoms with Gasteiger partial charge in [0.1, 0.15) is 11.9 Å². The van der Waals surface area contributed by atoms with E-state index in [4.69, 9.17) is 5.41 Å². The Labute approximate surface area is 210 Å². The van der Waals surface area contributed by atoms with Gasteiger partial charge in [-0.15, -0.1) is 0 Å². The summed E-state index contributed by atoms with van der Waals surface area (Å²) in [6.07, 6.45) is 3.82. The molecule has 3 heterocycles. The summed E-state index contributed by atoms with van der Waals surface area (Å²) in [5.41, 5.74) is 3.03. The Morgan fingerprint density at radius 3 is 2.61 bits per heavy atom. The van der Waals surface area contributed by atoms with Crippen LogP contribution >= 0.6 is 0 Å². The van der Waals surface area contributed by atoms with E-state index in [2.05, 4.69) is 29.1 Å². The molecule has 0 saturated carbocycles. The summed E-state index contributed by atoms with van der Waals surface area (Å²) in [7, 11) is 0. The highest BCUT2D eigenvalue weighted by molar-refractivity contribution is 6.08. The van der Waals surface area contributed by atoms with Crippen molar-refractivity contribution in [2.45, 2.75) is 51.9 Å². The van der Waals surface area contributed by atoms with Crippen LogP contribution in [0.1, 0.15) is 66.0 Å². The predicted molar refractivity (Wildman–Crippen MR) is 136 cm³/mol. The minimum Gasteiger partial charge on any atom is -0.338 e. The normalized spacial score (nSPS) is 20.0. The molecule has 2 N–H and O–H groups in total. The summed E-state index contributed by atoms with van der Waals surface area (Å²) in [6.45, 7) is 6.97. The highest BCUT2D eigenvalue weighted by atomic mass is 16.2. The number of nitrogens with one attached hydrogen (secondary N) is 2. The second-order valence-electron chi connectivity index (χ2n) is 9.98. The first kappa shape index (κ1) is 23.7. The first-order chi connectivity index (χ1) is 17.3. The highest BCUT2D eigenvalue weighted by Crippen LogP contribution is 2.38. The van der Waals surface area contributed by atoms with Gasteiger partial charge in [-0.05, 0) is 42.5 Å². The molecule has 3 aromatic rings. The van der Waals surface area contributed by atoms with E-state index in [1.165, 1.54) is 11.2 Å². The maximum atomic E-state index is 14.0. The zero-order chi connectivity index (χ0) is 25.4. The van der Waals surface area contributed by atoms with Crippen LogP contribution in [0.15, 0.2) is 67.1 Å². The van der Waals surface area contributed by atoms with E-state index in [9.17, 15) is 9.59 Å². The van der Waals surface area contributed by atoms with Gasteiger partial charge in [-0.2, -0.15) is 0 Å². The second-order valence-corrected chi connectivity index (χ2v) is 9.98. The molecule has 0 spiro atoms. The van der Waals surface area contributed by atoms with Gasteiger partial charge in [0.15, 0.2) is 5.96 Å². The molecule has 0 bridgehead atoms. The number of amides is 2. The number of benzene rings is 2. The Balaban J connectivity index is 1.41. The van der Waals surface area contributed by atoms with Crippen molar-refractivity contribution >= 4 is 17.8 Å². The molecule has 2 aliphatic rings. The van der Waals surface area contributed by atoms with Crippen molar-refractivity contribution in [3.63, 3.8) is 0 Å². The summed E-state index contributed by atoms with van der Waals surface area (Å²) >= 11 is 0. The number of carbonyl (C=O) groups is 2. The van der Waals surface area contributed by atoms with Crippen LogP contribution < -0.4 is 5.32 Å². The van der Waals surface area contributed by atoms with Crippen molar-refractivity contribution in [3.05, 3.63) is 95.1 Å². The number of nitrogens with zero attached hydrogens (tertiary/aromatic N) is 4. The summed E-state index contributed by atoms with van der Waals surface area (Å²) in [5.74, 6) is 0.0638. The number of guanidine groups is 1. The zero-order valence-corrected chi connectivity index (χ0v) is 20.7. The third-order valence-corrected chi connectivity index (χ3v) is 7.01. The molecule has 1 saturated heterocycles. The number of hydrogen-bond donors (Lipinski definition) is 2. The fraction of sp³-hybridized carbons (Fsp3) is 0.321. The molecule has 0 aliphatic carbocycles. The predicted octanol–water partition coefficient (Wildman–Crippen LogP) is 4.00. The third kappa shape index (κ3) is 4.02. The first-order valence-corrected chi connectivity index (χ1v) is 12.2. The lowest BCUT2D eigenvalue weighted by atomic mass is 9.82. The van der Waals surface area contributed by atoms with Gasteiger partial charge in [-0.1, -0.05) is 56.3 Å². The molecule has 5 rings (SSSR count). The topological polar surface area (TPSA) is 102 Å². The van der Waals surface area contributed by atoms with Gasteiger partial charge >= 0.3 is 0 Å². The zero-order valence-electron chi connectivity index (χ0n) is 20.7. The molecule has 2 atom stereocenters. The van der Waals surface area contributed by atoms with Crippen LogP contribution in [0.2, 0.25) is 0 Å². The van der Waals surface area contributed by atoms with Crippen molar-refractivity contribution in [3.8, 4) is 0 Å². The van der Waals surface area contributed by atoms with Gasteiger partial charge in [0, 0.05) is 23.9 Å². The van der Waals surface area contributed by atoms with Crippen molar-refractivity contribution in [1.82, 2.24) is 25.1 Å². The van der Waals surface area contributed by atoms with Crippen LogP contribution in [0.25, 0.3) is 0 Å². The second kappa shape index (κ2) is 9.18. The summed E-state index contributed by atoms with van der Waals surface area (Å²) in [6, 6.07) is 16.5. The maximum Gasteiger partial charge on any atom is 0.260 e. The molecule has 36 heavy (non-hydrogen) atoms. The van der Waals surface area contributed by atoms with Crippen molar-refractivity contribution in [2.75, 3.05) is 0 Å². The van der Waals surface area contributed by atoms with E-state index in [1.807, 2.05) is 55.5 Å². The summed E-state index contributed by atoms with van der Waals surface area (Å²) in [4.78, 5) is 38.9. The highest BCUT2D eigenvalue weighted by Gasteiger charge is 2.52. The third-order valence-electron chi connectivity index (χ3n) is 7.01. The van der Waals surface area contributed by atoms with Crippen LogP contribution in [0.4, 0.5) is 0 Å². The fourth-order valence-corrected chi connectivity index (χ4v) is 5.29. The average molecular weight is 483 g/mol. The summed E-state index contributed by atoms with van der Waals surface area (Å²) in [5, 5.41) is 11.9. The lowest BCUT2D eigenvalue weighted by Crippen LogP contribution is -2.45. The smallest absolute Gasteiger partial charge is 0.260 e. The average Bonchev–Trinajstić information content (AvgIpc) is 3.42. The van der Waals surface area contributed by atoms with Gasteiger partial charge < -0.3 is 10.2 Å². The molecule has 8 heteroatoms. The van der Waals surface area contributed by atoms with Gasteiger partial charge in [0.2, 0.25) is 0 Å². The first-order valence-electron chi connectivity index (χ1n) is 12.2. The standard InChI is InChI=1S/C28H30N6O2/c1-18(2)13-28(23-10-5-4-6-11-23)26(36)34(27(29)32-28)19(3)20-8-7-9-21(12-20)25(35)33-15-22-14-30-17-31-24(22)16-33/h4-12,14,17-19H,13,15-16H2,1-3H3,(H2,29,32)/t19-,28-/m1/s1.